The fourth-order valence-electron chi connectivity index (χ4n) is 3.92. The Morgan fingerprint density at radius 2 is 1.68 bits per heavy atom. The second-order valence-corrected chi connectivity index (χ2v) is 7.00. The summed E-state index contributed by atoms with van der Waals surface area (Å²) in [6, 6.07) is 22.7. The van der Waals surface area contributed by atoms with E-state index in [1.165, 1.54) is 5.39 Å². The second-order valence-electron chi connectivity index (χ2n) is 7.00. The average molecular weight is 371 g/mol. The molecule has 0 radical (unpaired) electrons. The van der Waals surface area contributed by atoms with Crippen molar-refractivity contribution in [3.63, 3.8) is 0 Å². The smallest absolute Gasteiger partial charge is 0.340 e. The van der Waals surface area contributed by atoms with Crippen molar-refractivity contribution in [2.75, 3.05) is 6.61 Å². The molecule has 0 unspecified atom stereocenters. The summed E-state index contributed by atoms with van der Waals surface area (Å²) in [5.41, 5.74) is 5.04. The lowest BCUT2D eigenvalue weighted by Gasteiger charge is -2.12. The first-order chi connectivity index (χ1) is 13.8. The highest BCUT2D eigenvalue weighted by atomic mass is 16.5. The first-order valence-electron chi connectivity index (χ1n) is 10.0. The molecular weight excluding hydrogens is 346 g/mol. The van der Waals surface area contributed by atoms with E-state index in [0.717, 1.165) is 46.9 Å². The van der Waals surface area contributed by atoms with Crippen molar-refractivity contribution in [3.8, 4) is 11.1 Å². The van der Waals surface area contributed by atoms with Crippen LogP contribution in [0.4, 0.5) is 0 Å². The highest BCUT2D eigenvalue weighted by Gasteiger charge is 2.21. The molecule has 4 aromatic rings. The number of carbonyl (C=O) groups is 1. The minimum Gasteiger partial charge on any atom is -0.462 e. The number of unbranched alkanes of at least 4 members (excludes halogenated alkanes) is 1. The summed E-state index contributed by atoms with van der Waals surface area (Å²) in [6.07, 6.45) is 1.89. The average Bonchev–Trinajstić information content (AvgIpc) is 3.08. The number of ether oxygens (including phenoxy) is 1. The van der Waals surface area contributed by atoms with E-state index in [1.54, 1.807) is 0 Å². The zero-order chi connectivity index (χ0) is 19.5. The Balaban J connectivity index is 2.02. The quantitative estimate of drug-likeness (QED) is 0.288. The molecule has 3 heteroatoms. The molecule has 0 saturated carbocycles. The SMILES string of the molecule is CCCCOC(=O)c1ccc(-c2ccccc2)c2c3ccccc3n(CC)c12. The van der Waals surface area contributed by atoms with E-state index in [4.69, 9.17) is 4.74 Å². The van der Waals surface area contributed by atoms with Crippen molar-refractivity contribution >= 4 is 27.8 Å². The van der Waals surface area contributed by atoms with Gasteiger partial charge in [0.05, 0.1) is 17.7 Å². The molecular formula is C25H25NO2. The number of aromatic nitrogens is 1. The van der Waals surface area contributed by atoms with Gasteiger partial charge in [0.1, 0.15) is 0 Å². The molecule has 0 bridgehead atoms. The van der Waals surface area contributed by atoms with Crippen LogP contribution in [-0.2, 0) is 11.3 Å². The predicted octanol–water partition coefficient (Wildman–Crippen LogP) is 6.44. The summed E-state index contributed by atoms with van der Waals surface area (Å²) in [7, 11) is 0. The molecule has 0 N–H and O–H groups in total. The van der Waals surface area contributed by atoms with Gasteiger partial charge in [-0.2, -0.15) is 0 Å². The number of esters is 1. The van der Waals surface area contributed by atoms with Crippen LogP contribution in [0.25, 0.3) is 32.9 Å². The topological polar surface area (TPSA) is 31.2 Å². The summed E-state index contributed by atoms with van der Waals surface area (Å²) in [4.78, 5) is 12.9. The monoisotopic (exact) mass is 371 g/mol. The molecule has 142 valence electrons. The third kappa shape index (κ3) is 3.07. The molecule has 0 spiro atoms. The Morgan fingerprint density at radius 1 is 0.929 bits per heavy atom. The highest BCUT2D eigenvalue weighted by Crippen LogP contribution is 2.38. The molecule has 0 aliphatic rings. The number of benzene rings is 3. The third-order valence-electron chi connectivity index (χ3n) is 5.26. The van der Waals surface area contributed by atoms with Crippen LogP contribution in [0, 0.1) is 0 Å². The lowest BCUT2D eigenvalue weighted by atomic mass is 9.97. The van der Waals surface area contributed by atoms with Crippen LogP contribution in [0.3, 0.4) is 0 Å². The lowest BCUT2D eigenvalue weighted by Crippen LogP contribution is -2.09. The molecule has 28 heavy (non-hydrogen) atoms. The molecule has 3 nitrogen and oxygen atoms in total. The molecule has 1 aromatic heterocycles. The first-order valence-corrected chi connectivity index (χ1v) is 10.0. The van der Waals surface area contributed by atoms with Crippen LogP contribution in [0.15, 0.2) is 66.7 Å². The molecule has 4 rings (SSSR count). The summed E-state index contributed by atoms with van der Waals surface area (Å²) in [5, 5.41) is 2.29. The van der Waals surface area contributed by atoms with E-state index in [9.17, 15) is 4.79 Å². The Labute approximate surface area is 165 Å². The van der Waals surface area contributed by atoms with Crippen LogP contribution in [0.1, 0.15) is 37.0 Å². The van der Waals surface area contributed by atoms with Crippen LogP contribution in [0.5, 0.6) is 0 Å². The molecule has 0 amide bonds. The Bertz CT molecular complexity index is 1130. The van der Waals surface area contributed by atoms with Crippen LogP contribution in [-0.4, -0.2) is 17.1 Å². The van der Waals surface area contributed by atoms with Crippen molar-refractivity contribution in [3.05, 3.63) is 72.3 Å². The van der Waals surface area contributed by atoms with E-state index >= 15 is 0 Å². The molecule has 0 fully saturated rings. The van der Waals surface area contributed by atoms with Gasteiger partial charge in [0.15, 0.2) is 0 Å². The standard InChI is InChI=1S/C25H25NO2/c1-3-5-17-28-25(27)21-16-15-19(18-11-7-6-8-12-18)23-20-13-9-10-14-22(20)26(4-2)24(21)23/h6-16H,3-5,17H2,1-2H3. The predicted molar refractivity (Wildman–Crippen MR) is 116 cm³/mol. The zero-order valence-corrected chi connectivity index (χ0v) is 16.4. The van der Waals surface area contributed by atoms with E-state index in [2.05, 4.69) is 60.9 Å². The Kier molecular flexibility index (Phi) is 5.16. The van der Waals surface area contributed by atoms with Crippen molar-refractivity contribution in [1.29, 1.82) is 0 Å². The minimum atomic E-state index is -0.240. The van der Waals surface area contributed by atoms with Gasteiger partial charge in [-0.05, 0) is 36.6 Å². The van der Waals surface area contributed by atoms with E-state index in [-0.39, 0.29) is 5.97 Å². The molecule has 0 saturated heterocycles. The fraction of sp³-hybridized carbons (Fsp3) is 0.240. The maximum atomic E-state index is 12.9. The van der Waals surface area contributed by atoms with Crippen molar-refractivity contribution in [1.82, 2.24) is 4.57 Å². The maximum absolute atomic E-state index is 12.9. The van der Waals surface area contributed by atoms with Gasteiger partial charge in [0.25, 0.3) is 0 Å². The van der Waals surface area contributed by atoms with Gasteiger partial charge in [-0.3, -0.25) is 0 Å². The highest BCUT2D eigenvalue weighted by molar-refractivity contribution is 6.19. The van der Waals surface area contributed by atoms with E-state index in [1.807, 2.05) is 24.3 Å². The number of nitrogens with zero attached hydrogens (tertiary/aromatic N) is 1. The van der Waals surface area contributed by atoms with Crippen LogP contribution in [0.2, 0.25) is 0 Å². The molecule has 0 aliphatic carbocycles. The van der Waals surface area contributed by atoms with Gasteiger partial charge in [0, 0.05) is 22.8 Å². The van der Waals surface area contributed by atoms with Crippen molar-refractivity contribution in [2.24, 2.45) is 0 Å². The second kappa shape index (κ2) is 7.89. The molecule has 0 aliphatic heterocycles. The minimum absolute atomic E-state index is 0.240. The van der Waals surface area contributed by atoms with Gasteiger partial charge in [-0.1, -0.05) is 67.9 Å². The number of para-hydroxylation sites is 1. The molecule has 1 heterocycles. The van der Waals surface area contributed by atoms with E-state index in [0.29, 0.717) is 12.2 Å². The number of rotatable bonds is 6. The fourth-order valence-corrected chi connectivity index (χ4v) is 3.92. The Morgan fingerprint density at radius 3 is 2.43 bits per heavy atom. The Hall–Kier alpha value is -3.07. The van der Waals surface area contributed by atoms with Gasteiger partial charge in [0.2, 0.25) is 0 Å². The molecule has 3 aromatic carbocycles. The molecule has 0 atom stereocenters. The van der Waals surface area contributed by atoms with Crippen LogP contribution < -0.4 is 0 Å². The largest absolute Gasteiger partial charge is 0.462 e. The summed E-state index contributed by atoms with van der Waals surface area (Å²) in [6.45, 7) is 5.46. The number of carbonyl (C=O) groups excluding carboxylic acids is 1. The summed E-state index contributed by atoms with van der Waals surface area (Å²) >= 11 is 0. The maximum Gasteiger partial charge on any atom is 0.340 e. The van der Waals surface area contributed by atoms with Crippen molar-refractivity contribution < 1.29 is 9.53 Å². The van der Waals surface area contributed by atoms with Gasteiger partial charge in [-0.25, -0.2) is 4.79 Å². The summed E-state index contributed by atoms with van der Waals surface area (Å²) < 4.78 is 7.80. The van der Waals surface area contributed by atoms with Crippen LogP contribution >= 0.6 is 0 Å². The van der Waals surface area contributed by atoms with E-state index < -0.39 is 0 Å². The number of aryl methyl sites for hydroxylation is 1. The number of hydrogen-bond acceptors (Lipinski definition) is 2. The van der Waals surface area contributed by atoms with Gasteiger partial charge < -0.3 is 9.30 Å². The van der Waals surface area contributed by atoms with Gasteiger partial charge >= 0.3 is 5.97 Å². The van der Waals surface area contributed by atoms with Crippen molar-refractivity contribution in [2.45, 2.75) is 33.2 Å². The first kappa shape index (κ1) is 18.3. The third-order valence-corrected chi connectivity index (χ3v) is 5.26. The number of fused-ring (bicyclic) bond motifs is 3. The summed E-state index contributed by atoms with van der Waals surface area (Å²) in [5.74, 6) is -0.240. The lowest BCUT2D eigenvalue weighted by molar-refractivity contribution is 0.0501. The normalized spacial score (nSPS) is 11.2. The zero-order valence-electron chi connectivity index (χ0n) is 16.4. The number of hydrogen-bond donors (Lipinski definition) is 0. The van der Waals surface area contributed by atoms with Gasteiger partial charge in [-0.15, -0.1) is 0 Å².